The molecule has 0 bridgehead atoms. The molecule has 2 N–H and O–H groups in total. The number of carbonyl (C=O) groups is 1. The van der Waals surface area contributed by atoms with E-state index in [2.05, 4.69) is 18.2 Å². The van der Waals surface area contributed by atoms with E-state index in [1.807, 2.05) is 30.1 Å². The molecule has 1 atom stereocenters. The summed E-state index contributed by atoms with van der Waals surface area (Å²) in [6.07, 6.45) is 9.49. The number of amides is 1. The molecular formula is C23H29FN4O. The normalized spacial score (nSPS) is 17.6. The molecule has 29 heavy (non-hydrogen) atoms. The number of benzene rings is 1. The standard InChI is InChI=1S/C23H29FN4O/c1-4-9-20(10-5-2)28-14-13-27(17-22(28)26-6-3)23(29)16-19(25)15-18-11-7-8-12-21(18)24/h4-12,19H,1,3,13-17,25H2,2H3/b10-5-,20-9+,26-22?/t19-/m1/s1. The molecule has 1 saturated heterocycles. The van der Waals surface area contributed by atoms with Gasteiger partial charge in [0.05, 0.1) is 6.54 Å². The van der Waals surface area contributed by atoms with E-state index in [9.17, 15) is 9.18 Å². The minimum Gasteiger partial charge on any atom is -0.333 e. The fraction of sp³-hybridized carbons (Fsp3) is 0.304. The van der Waals surface area contributed by atoms with Crippen molar-refractivity contribution in [1.29, 1.82) is 0 Å². The van der Waals surface area contributed by atoms with E-state index in [0.29, 0.717) is 31.6 Å². The van der Waals surface area contributed by atoms with E-state index in [0.717, 1.165) is 11.5 Å². The number of halogens is 1. The van der Waals surface area contributed by atoms with Crippen LogP contribution in [0.1, 0.15) is 18.9 Å². The van der Waals surface area contributed by atoms with Crippen LogP contribution in [0.4, 0.5) is 4.39 Å². The molecule has 0 aromatic heterocycles. The fourth-order valence-corrected chi connectivity index (χ4v) is 3.29. The van der Waals surface area contributed by atoms with Gasteiger partial charge in [-0.25, -0.2) is 9.38 Å². The van der Waals surface area contributed by atoms with Crippen molar-refractivity contribution in [3.05, 3.63) is 85.0 Å². The Kier molecular flexibility index (Phi) is 8.55. The highest BCUT2D eigenvalue weighted by Crippen LogP contribution is 2.16. The summed E-state index contributed by atoms with van der Waals surface area (Å²) in [5.41, 5.74) is 7.61. The van der Waals surface area contributed by atoms with Crippen molar-refractivity contribution >= 4 is 11.7 Å². The molecular weight excluding hydrogens is 367 g/mol. The number of rotatable bonds is 8. The molecule has 154 valence electrons. The molecule has 1 aromatic carbocycles. The number of amidine groups is 1. The monoisotopic (exact) mass is 396 g/mol. The van der Waals surface area contributed by atoms with Crippen molar-refractivity contribution in [1.82, 2.24) is 9.80 Å². The lowest BCUT2D eigenvalue weighted by Crippen LogP contribution is -2.52. The second-order valence-corrected chi connectivity index (χ2v) is 6.78. The maximum Gasteiger partial charge on any atom is 0.224 e. The molecule has 2 rings (SSSR count). The number of piperazine rings is 1. The topological polar surface area (TPSA) is 61.9 Å². The Morgan fingerprint density at radius 2 is 2.10 bits per heavy atom. The predicted octanol–water partition coefficient (Wildman–Crippen LogP) is 3.42. The third-order valence-electron chi connectivity index (χ3n) is 4.64. The van der Waals surface area contributed by atoms with Crippen LogP contribution in [0, 0.1) is 5.82 Å². The zero-order valence-corrected chi connectivity index (χ0v) is 16.9. The van der Waals surface area contributed by atoms with Crippen molar-refractivity contribution in [2.75, 3.05) is 19.6 Å². The van der Waals surface area contributed by atoms with Crippen LogP contribution < -0.4 is 5.73 Å². The zero-order chi connectivity index (χ0) is 21.2. The summed E-state index contributed by atoms with van der Waals surface area (Å²) >= 11 is 0. The Bertz CT molecular complexity index is 828. The van der Waals surface area contributed by atoms with Crippen LogP contribution in [0.5, 0.6) is 0 Å². The number of aliphatic imine (C=N–C) groups is 1. The predicted molar refractivity (Wildman–Crippen MR) is 117 cm³/mol. The van der Waals surface area contributed by atoms with Gasteiger partial charge >= 0.3 is 0 Å². The fourth-order valence-electron chi connectivity index (χ4n) is 3.29. The summed E-state index contributed by atoms with van der Waals surface area (Å²) in [5, 5.41) is 0. The van der Waals surface area contributed by atoms with Gasteiger partial charge in [-0.1, -0.05) is 43.5 Å². The van der Waals surface area contributed by atoms with Crippen LogP contribution in [0.15, 0.2) is 78.6 Å². The summed E-state index contributed by atoms with van der Waals surface area (Å²) in [5.74, 6) is 0.369. The van der Waals surface area contributed by atoms with Gasteiger partial charge in [-0.15, -0.1) is 0 Å². The highest BCUT2D eigenvalue weighted by molar-refractivity contribution is 5.91. The highest BCUT2D eigenvalue weighted by Gasteiger charge is 2.27. The molecule has 1 aliphatic heterocycles. The van der Waals surface area contributed by atoms with Crippen LogP contribution in [-0.4, -0.2) is 47.2 Å². The first-order valence-corrected chi connectivity index (χ1v) is 9.67. The molecule has 6 heteroatoms. The molecule has 1 aliphatic rings. The number of hydrogen-bond acceptors (Lipinski definition) is 3. The van der Waals surface area contributed by atoms with Crippen LogP contribution in [0.2, 0.25) is 0 Å². The maximum atomic E-state index is 13.8. The second kappa shape index (κ2) is 11.1. The van der Waals surface area contributed by atoms with Gasteiger partial charge in [0.2, 0.25) is 5.91 Å². The molecule has 0 spiro atoms. The van der Waals surface area contributed by atoms with Gasteiger partial charge in [-0.05, 0) is 37.1 Å². The van der Waals surface area contributed by atoms with Gasteiger partial charge in [0.15, 0.2) is 0 Å². The van der Waals surface area contributed by atoms with Crippen molar-refractivity contribution in [2.45, 2.75) is 25.8 Å². The van der Waals surface area contributed by atoms with Crippen molar-refractivity contribution in [2.24, 2.45) is 10.7 Å². The first-order chi connectivity index (χ1) is 14.0. The van der Waals surface area contributed by atoms with Crippen LogP contribution in [0.3, 0.4) is 0 Å². The quantitative estimate of drug-likeness (QED) is 0.685. The minimum atomic E-state index is -0.448. The van der Waals surface area contributed by atoms with Gasteiger partial charge in [0.25, 0.3) is 0 Å². The third-order valence-corrected chi connectivity index (χ3v) is 4.64. The van der Waals surface area contributed by atoms with Gasteiger partial charge in [0, 0.05) is 37.4 Å². The molecule has 1 fully saturated rings. The first kappa shape index (κ1) is 22.3. The molecule has 1 amide bonds. The van der Waals surface area contributed by atoms with Gasteiger partial charge < -0.3 is 15.5 Å². The average Bonchev–Trinajstić information content (AvgIpc) is 2.70. The molecule has 0 unspecified atom stereocenters. The van der Waals surface area contributed by atoms with E-state index in [1.165, 1.54) is 12.3 Å². The molecule has 1 heterocycles. The SMILES string of the molecule is C=C/C=C(\C=C/C)N1CCN(C(=O)C[C@H](N)Cc2ccccc2F)CC1=NC=C. The number of nitrogens with two attached hydrogens (primary N) is 1. The van der Waals surface area contributed by atoms with E-state index < -0.39 is 6.04 Å². The Morgan fingerprint density at radius 1 is 1.34 bits per heavy atom. The van der Waals surface area contributed by atoms with Crippen LogP contribution in [-0.2, 0) is 11.2 Å². The first-order valence-electron chi connectivity index (χ1n) is 9.67. The van der Waals surface area contributed by atoms with Crippen molar-refractivity contribution in [3.8, 4) is 0 Å². The summed E-state index contributed by atoms with van der Waals surface area (Å²) in [6.45, 7) is 10.9. The lowest BCUT2D eigenvalue weighted by molar-refractivity contribution is -0.131. The molecule has 0 saturated carbocycles. The Balaban J connectivity index is 2.05. The van der Waals surface area contributed by atoms with Crippen LogP contribution in [0.25, 0.3) is 0 Å². The number of carbonyl (C=O) groups excluding carboxylic acids is 1. The average molecular weight is 397 g/mol. The van der Waals surface area contributed by atoms with E-state index in [4.69, 9.17) is 5.73 Å². The lowest BCUT2D eigenvalue weighted by Gasteiger charge is -2.37. The van der Waals surface area contributed by atoms with Gasteiger partial charge in [-0.2, -0.15) is 0 Å². The van der Waals surface area contributed by atoms with Crippen LogP contribution >= 0.6 is 0 Å². The van der Waals surface area contributed by atoms with E-state index in [1.54, 1.807) is 29.2 Å². The van der Waals surface area contributed by atoms with E-state index >= 15 is 0 Å². The molecule has 0 radical (unpaired) electrons. The number of nitrogens with zero attached hydrogens (tertiary/aromatic N) is 3. The largest absolute Gasteiger partial charge is 0.333 e. The maximum absolute atomic E-state index is 13.8. The molecule has 1 aromatic rings. The minimum absolute atomic E-state index is 0.0643. The smallest absolute Gasteiger partial charge is 0.224 e. The Labute approximate surface area is 172 Å². The molecule has 0 aliphatic carbocycles. The summed E-state index contributed by atoms with van der Waals surface area (Å²) in [4.78, 5) is 20.9. The Hall–Kier alpha value is -2.99. The second-order valence-electron chi connectivity index (χ2n) is 6.78. The van der Waals surface area contributed by atoms with E-state index in [-0.39, 0.29) is 18.1 Å². The summed E-state index contributed by atoms with van der Waals surface area (Å²) < 4.78 is 13.8. The lowest BCUT2D eigenvalue weighted by atomic mass is 10.0. The summed E-state index contributed by atoms with van der Waals surface area (Å²) in [6, 6.07) is 6.06. The van der Waals surface area contributed by atoms with Gasteiger partial charge in [0.1, 0.15) is 11.7 Å². The van der Waals surface area contributed by atoms with Gasteiger partial charge in [-0.3, -0.25) is 4.79 Å². The van der Waals surface area contributed by atoms with Crippen molar-refractivity contribution < 1.29 is 9.18 Å². The number of hydrogen-bond donors (Lipinski definition) is 1. The number of allylic oxidation sites excluding steroid dienone is 4. The Morgan fingerprint density at radius 3 is 2.76 bits per heavy atom. The highest BCUT2D eigenvalue weighted by atomic mass is 19.1. The van der Waals surface area contributed by atoms with Crippen molar-refractivity contribution in [3.63, 3.8) is 0 Å². The summed E-state index contributed by atoms with van der Waals surface area (Å²) in [7, 11) is 0. The zero-order valence-electron chi connectivity index (χ0n) is 16.9. The molecule has 5 nitrogen and oxygen atoms in total. The third kappa shape index (κ3) is 6.26.